The van der Waals surface area contributed by atoms with E-state index in [2.05, 4.69) is 19.1 Å². The van der Waals surface area contributed by atoms with Gasteiger partial charge in [-0.05, 0) is 42.4 Å². The van der Waals surface area contributed by atoms with Crippen molar-refractivity contribution in [3.05, 3.63) is 29.8 Å². The van der Waals surface area contributed by atoms with Gasteiger partial charge in [0, 0.05) is 0 Å². The highest BCUT2D eigenvalue weighted by Gasteiger charge is 2.22. The summed E-state index contributed by atoms with van der Waals surface area (Å²) in [5, 5.41) is 8.51. The highest BCUT2D eigenvalue weighted by Crippen LogP contribution is 2.38. The molecule has 0 aromatic heterocycles. The second kappa shape index (κ2) is 5.21. The predicted molar refractivity (Wildman–Crippen MR) is 65.3 cm³/mol. The Labute approximate surface area is 101 Å². The maximum atomic E-state index is 10.4. The maximum absolute atomic E-state index is 10.4. The van der Waals surface area contributed by atoms with Gasteiger partial charge in [0.25, 0.3) is 0 Å². The Bertz CT molecular complexity index is 383. The summed E-state index contributed by atoms with van der Waals surface area (Å²) in [6, 6.07) is 7.84. The Morgan fingerprint density at radius 1 is 1.35 bits per heavy atom. The van der Waals surface area contributed by atoms with Crippen LogP contribution in [-0.2, 0) is 4.79 Å². The fourth-order valence-electron chi connectivity index (χ4n) is 2.49. The van der Waals surface area contributed by atoms with E-state index in [-0.39, 0.29) is 6.61 Å². The summed E-state index contributed by atoms with van der Waals surface area (Å²) in [6.45, 7) is 2.02. The number of hydrogen-bond donors (Lipinski definition) is 1. The predicted octanol–water partition coefficient (Wildman–Crippen LogP) is 3.05. The number of carbonyl (C=O) groups is 1. The molecule has 1 saturated carbocycles. The van der Waals surface area contributed by atoms with E-state index in [4.69, 9.17) is 9.84 Å². The van der Waals surface area contributed by atoms with Gasteiger partial charge in [-0.3, -0.25) is 0 Å². The van der Waals surface area contributed by atoms with Gasteiger partial charge in [-0.25, -0.2) is 4.79 Å². The zero-order chi connectivity index (χ0) is 12.3. The summed E-state index contributed by atoms with van der Waals surface area (Å²) in [4.78, 5) is 10.4. The van der Waals surface area contributed by atoms with Crippen LogP contribution >= 0.6 is 0 Å². The van der Waals surface area contributed by atoms with Crippen LogP contribution in [0.4, 0.5) is 0 Å². The van der Waals surface area contributed by atoms with Gasteiger partial charge in [-0.15, -0.1) is 0 Å². The quantitative estimate of drug-likeness (QED) is 0.871. The van der Waals surface area contributed by atoms with Crippen molar-refractivity contribution < 1.29 is 14.6 Å². The second-order valence-corrected chi connectivity index (χ2v) is 4.87. The molecule has 0 saturated heterocycles. The van der Waals surface area contributed by atoms with E-state index in [9.17, 15) is 4.79 Å². The van der Waals surface area contributed by atoms with Crippen LogP contribution in [0, 0.1) is 5.92 Å². The third-order valence-electron chi connectivity index (χ3n) is 3.41. The SMILES string of the molecule is C[C@H]1CC[C@@H](c2ccc(OCC(=O)O)cc2)C1. The topological polar surface area (TPSA) is 46.5 Å². The number of carboxylic acids is 1. The lowest BCUT2D eigenvalue weighted by Gasteiger charge is -2.11. The van der Waals surface area contributed by atoms with E-state index in [0.29, 0.717) is 11.7 Å². The van der Waals surface area contributed by atoms with Crippen molar-refractivity contribution >= 4 is 5.97 Å². The lowest BCUT2D eigenvalue weighted by Crippen LogP contribution is -2.09. The van der Waals surface area contributed by atoms with Gasteiger partial charge < -0.3 is 9.84 Å². The van der Waals surface area contributed by atoms with E-state index >= 15 is 0 Å². The molecule has 1 fully saturated rings. The van der Waals surface area contributed by atoms with Crippen molar-refractivity contribution in [2.75, 3.05) is 6.61 Å². The number of aliphatic carboxylic acids is 1. The third kappa shape index (κ3) is 3.22. The largest absolute Gasteiger partial charge is 0.482 e. The molecule has 0 heterocycles. The first-order chi connectivity index (χ1) is 8.15. The van der Waals surface area contributed by atoms with Gasteiger partial charge >= 0.3 is 5.97 Å². The Morgan fingerprint density at radius 2 is 2.06 bits per heavy atom. The number of rotatable bonds is 4. The third-order valence-corrected chi connectivity index (χ3v) is 3.41. The summed E-state index contributed by atoms with van der Waals surface area (Å²) < 4.78 is 5.11. The number of carboxylic acid groups (broad SMARTS) is 1. The summed E-state index contributed by atoms with van der Waals surface area (Å²) >= 11 is 0. The maximum Gasteiger partial charge on any atom is 0.341 e. The van der Waals surface area contributed by atoms with Gasteiger partial charge in [-0.2, -0.15) is 0 Å². The highest BCUT2D eigenvalue weighted by atomic mass is 16.5. The molecule has 92 valence electrons. The minimum atomic E-state index is -0.946. The van der Waals surface area contributed by atoms with E-state index in [1.54, 1.807) is 0 Å². The fourth-order valence-corrected chi connectivity index (χ4v) is 2.49. The Hall–Kier alpha value is -1.51. The first kappa shape index (κ1) is 12.0. The smallest absolute Gasteiger partial charge is 0.341 e. The molecular weight excluding hydrogens is 216 g/mol. The molecule has 1 N–H and O–H groups in total. The van der Waals surface area contributed by atoms with Crippen LogP contribution in [0.5, 0.6) is 5.75 Å². The van der Waals surface area contributed by atoms with Crippen molar-refractivity contribution in [1.29, 1.82) is 0 Å². The lowest BCUT2D eigenvalue weighted by atomic mass is 9.97. The van der Waals surface area contributed by atoms with Crippen LogP contribution < -0.4 is 4.74 Å². The molecule has 1 aromatic carbocycles. The first-order valence-electron chi connectivity index (χ1n) is 6.09. The molecule has 0 amide bonds. The lowest BCUT2D eigenvalue weighted by molar-refractivity contribution is -0.139. The van der Waals surface area contributed by atoms with Gasteiger partial charge in [0.15, 0.2) is 6.61 Å². The molecule has 0 unspecified atom stereocenters. The van der Waals surface area contributed by atoms with Crippen molar-refractivity contribution in [2.45, 2.75) is 32.1 Å². The molecular formula is C14H18O3. The van der Waals surface area contributed by atoms with Crippen LogP contribution in [0.2, 0.25) is 0 Å². The van der Waals surface area contributed by atoms with E-state index in [1.807, 2.05) is 12.1 Å². The standard InChI is InChI=1S/C14H18O3/c1-10-2-3-12(8-10)11-4-6-13(7-5-11)17-9-14(15)16/h4-7,10,12H,2-3,8-9H2,1H3,(H,15,16)/t10-,12+/m0/s1. The minimum absolute atomic E-state index is 0.278. The van der Waals surface area contributed by atoms with Crippen molar-refractivity contribution in [3.8, 4) is 5.75 Å². The second-order valence-electron chi connectivity index (χ2n) is 4.87. The molecule has 0 spiro atoms. The minimum Gasteiger partial charge on any atom is -0.482 e. The number of benzene rings is 1. The fraction of sp³-hybridized carbons (Fsp3) is 0.500. The molecule has 1 aliphatic carbocycles. The average molecular weight is 234 g/mol. The van der Waals surface area contributed by atoms with Crippen LogP contribution in [0.15, 0.2) is 24.3 Å². The monoisotopic (exact) mass is 234 g/mol. The molecule has 0 bridgehead atoms. The summed E-state index contributed by atoms with van der Waals surface area (Å²) in [5.74, 6) is 1.17. The molecule has 17 heavy (non-hydrogen) atoms. The Kier molecular flexibility index (Phi) is 3.67. The number of ether oxygens (including phenoxy) is 1. The molecule has 1 aliphatic rings. The number of hydrogen-bond acceptors (Lipinski definition) is 2. The zero-order valence-corrected chi connectivity index (χ0v) is 10.1. The van der Waals surface area contributed by atoms with E-state index < -0.39 is 5.97 Å². The molecule has 1 aromatic rings. The van der Waals surface area contributed by atoms with Crippen LogP contribution in [-0.4, -0.2) is 17.7 Å². The zero-order valence-electron chi connectivity index (χ0n) is 10.1. The van der Waals surface area contributed by atoms with Crippen molar-refractivity contribution in [1.82, 2.24) is 0 Å². The molecule has 0 aliphatic heterocycles. The summed E-state index contributed by atoms with van der Waals surface area (Å²) in [5.41, 5.74) is 1.34. The Morgan fingerprint density at radius 3 is 2.59 bits per heavy atom. The first-order valence-corrected chi connectivity index (χ1v) is 6.09. The van der Waals surface area contributed by atoms with Gasteiger partial charge in [0.2, 0.25) is 0 Å². The summed E-state index contributed by atoms with van der Waals surface area (Å²) in [7, 11) is 0. The van der Waals surface area contributed by atoms with Gasteiger partial charge in [0.1, 0.15) is 5.75 Å². The molecule has 2 rings (SSSR count). The highest BCUT2D eigenvalue weighted by molar-refractivity contribution is 5.68. The molecule has 0 radical (unpaired) electrons. The molecule has 3 nitrogen and oxygen atoms in total. The molecule has 3 heteroatoms. The Balaban J connectivity index is 1.95. The normalized spacial score (nSPS) is 23.6. The van der Waals surface area contributed by atoms with E-state index in [0.717, 1.165) is 5.92 Å². The van der Waals surface area contributed by atoms with Crippen molar-refractivity contribution in [3.63, 3.8) is 0 Å². The van der Waals surface area contributed by atoms with E-state index in [1.165, 1.54) is 24.8 Å². The van der Waals surface area contributed by atoms with Gasteiger partial charge in [0.05, 0.1) is 0 Å². The average Bonchev–Trinajstić information content (AvgIpc) is 2.74. The van der Waals surface area contributed by atoms with Crippen LogP contribution in [0.25, 0.3) is 0 Å². The van der Waals surface area contributed by atoms with Crippen LogP contribution in [0.1, 0.15) is 37.7 Å². The molecule has 2 atom stereocenters. The van der Waals surface area contributed by atoms with Crippen molar-refractivity contribution in [2.24, 2.45) is 5.92 Å². The van der Waals surface area contributed by atoms with Crippen LogP contribution in [0.3, 0.4) is 0 Å². The summed E-state index contributed by atoms with van der Waals surface area (Å²) in [6.07, 6.45) is 3.83. The van der Waals surface area contributed by atoms with Gasteiger partial charge in [-0.1, -0.05) is 25.5 Å².